The van der Waals surface area contributed by atoms with Crippen LogP contribution in [0.4, 0.5) is 0 Å². The molecular formula is C9H11N5O2. The summed E-state index contributed by atoms with van der Waals surface area (Å²) < 4.78 is 0. The van der Waals surface area contributed by atoms with Gasteiger partial charge < -0.3 is 10.3 Å². The second kappa shape index (κ2) is 5.57. The van der Waals surface area contributed by atoms with Gasteiger partial charge in [0, 0.05) is 36.0 Å². The van der Waals surface area contributed by atoms with E-state index in [-0.39, 0.29) is 24.1 Å². The van der Waals surface area contributed by atoms with Crippen molar-refractivity contribution < 1.29 is 4.79 Å². The van der Waals surface area contributed by atoms with Crippen LogP contribution in [0, 0.1) is 6.92 Å². The molecule has 0 spiro atoms. The number of rotatable bonds is 4. The van der Waals surface area contributed by atoms with Crippen molar-refractivity contribution in [2.45, 2.75) is 6.92 Å². The molecule has 1 heterocycles. The van der Waals surface area contributed by atoms with E-state index in [1.807, 2.05) is 0 Å². The molecule has 1 aromatic rings. The van der Waals surface area contributed by atoms with Crippen molar-refractivity contribution in [3.05, 3.63) is 44.2 Å². The number of aromatic nitrogens is 1. The smallest absolute Gasteiger partial charge is 0.256 e. The third-order valence-electron chi connectivity index (χ3n) is 1.86. The van der Waals surface area contributed by atoms with Crippen molar-refractivity contribution in [2.24, 2.45) is 5.11 Å². The number of pyridine rings is 1. The number of hydrogen-bond acceptors (Lipinski definition) is 3. The average molecular weight is 221 g/mol. The second-order valence-electron chi connectivity index (χ2n) is 3.10. The maximum atomic E-state index is 11.5. The lowest BCUT2D eigenvalue weighted by atomic mass is 10.2. The first-order chi connectivity index (χ1) is 7.65. The van der Waals surface area contributed by atoms with Gasteiger partial charge in [0.15, 0.2) is 5.43 Å². The SMILES string of the molecule is Cc1cc(=O)c(C(=O)NCCN=[N+]=[N-])c[nH]1. The van der Waals surface area contributed by atoms with Gasteiger partial charge in [0.25, 0.3) is 5.91 Å². The molecule has 0 bridgehead atoms. The summed E-state index contributed by atoms with van der Waals surface area (Å²) in [6, 6.07) is 1.35. The van der Waals surface area contributed by atoms with Gasteiger partial charge in [-0.3, -0.25) is 9.59 Å². The summed E-state index contributed by atoms with van der Waals surface area (Å²) in [6.07, 6.45) is 1.36. The number of aryl methyl sites for hydroxylation is 1. The van der Waals surface area contributed by atoms with E-state index in [4.69, 9.17) is 5.53 Å². The van der Waals surface area contributed by atoms with Gasteiger partial charge in [-0.15, -0.1) is 0 Å². The lowest BCUT2D eigenvalue weighted by molar-refractivity contribution is 0.0953. The molecule has 1 aromatic heterocycles. The molecule has 7 nitrogen and oxygen atoms in total. The van der Waals surface area contributed by atoms with Crippen LogP contribution in [0.1, 0.15) is 16.1 Å². The maximum absolute atomic E-state index is 11.5. The zero-order valence-corrected chi connectivity index (χ0v) is 8.73. The van der Waals surface area contributed by atoms with Gasteiger partial charge in [-0.2, -0.15) is 0 Å². The van der Waals surface area contributed by atoms with Gasteiger partial charge in [-0.1, -0.05) is 5.11 Å². The highest BCUT2D eigenvalue weighted by molar-refractivity contribution is 5.93. The molecule has 0 saturated carbocycles. The van der Waals surface area contributed by atoms with Crippen LogP contribution < -0.4 is 10.7 Å². The summed E-state index contributed by atoms with van der Waals surface area (Å²) in [5.41, 5.74) is 8.42. The first-order valence-electron chi connectivity index (χ1n) is 4.63. The average Bonchev–Trinajstić information content (AvgIpc) is 2.24. The van der Waals surface area contributed by atoms with Crippen LogP contribution in [0.5, 0.6) is 0 Å². The lowest BCUT2D eigenvalue weighted by Gasteiger charge is -2.02. The number of nitrogens with zero attached hydrogens (tertiary/aromatic N) is 3. The van der Waals surface area contributed by atoms with E-state index in [0.717, 1.165) is 0 Å². The predicted octanol–water partition coefficient (Wildman–Crippen LogP) is 0.723. The zero-order valence-electron chi connectivity index (χ0n) is 8.73. The third-order valence-corrected chi connectivity index (χ3v) is 1.86. The van der Waals surface area contributed by atoms with Crippen LogP contribution in [0.15, 0.2) is 22.2 Å². The predicted molar refractivity (Wildman–Crippen MR) is 58.1 cm³/mol. The van der Waals surface area contributed by atoms with E-state index in [1.165, 1.54) is 12.3 Å². The van der Waals surface area contributed by atoms with Crippen molar-refractivity contribution in [1.82, 2.24) is 10.3 Å². The third kappa shape index (κ3) is 3.14. The van der Waals surface area contributed by atoms with Crippen LogP contribution in [0.25, 0.3) is 10.4 Å². The fraction of sp³-hybridized carbons (Fsp3) is 0.333. The second-order valence-corrected chi connectivity index (χ2v) is 3.10. The summed E-state index contributed by atoms with van der Waals surface area (Å²) in [4.78, 5) is 28.2. The van der Waals surface area contributed by atoms with Gasteiger partial charge in [0.05, 0.1) is 0 Å². The van der Waals surface area contributed by atoms with E-state index in [9.17, 15) is 9.59 Å². The minimum atomic E-state index is -0.477. The number of nitrogens with one attached hydrogen (secondary N) is 2. The lowest BCUT2D eigenvalue weighted by Crippen LogP contribution is -2.30. The van der Waals surface area contributed by atoms with Gasteiger partial charge in [-0.25, -0.2) is 0 Å². The van der Waals surface area contributed by atoms with Crippen molar-refractivity contribution >= 4 is 5.91 Å². The van der Waals surface area contributed by atoms with Crippen LogP contribution in [-0.4, -0.2) is 24.0 Å². The quantitative estimate of drug-likeness (QED) is 0.338. The summed E-state index contributed by atoms with van der Waals surface area (Å²) in [5.74, 6) is -0.477. The molecule has 0 unspecified atom stereocenters. The van der Waals surface area contributed by atoms with Crippen LogP contribution >= 0.6 is 0 Å². The fourth-order valence-electron chi connectivity index (χ4n) is 1.11. The van der Waals surface area contributed by atoms with E-state index >= 15 is 0 Å². The normalized spacial score (nSPS) is 9.31. The molecule has 0 saturated heterocycles. The van der Waals surface area contributed by atoms with E-state index in [0.29, 0.717) is 5.69 Å². The number of amides is 1. The van der Waals surface area contributed by atoms with Crippen molar-refractivity contribution in [2.75, 3.05) is 13.1 Å². The number of hydrogen-bond donors (Lipinski definition) is 2. The van der Waals surface area contributed by atoms with E-state index < -0.39 is 5.91 Å². The fourth-order valence-corrected chi connectivity index (χ4v) is 1.11. The minimum Gasteiger partial charge on any atom is -0.364 e. The molecule has 1 rings (SSSR count). The number of carbonyl (C=O) groups is 1. The Morgan fingerprint density at radius 2 is 2.44 bits per heavy atom. The molecule has 0 fully saturated rings. The molecule has 2 N–H and O–H groups in total. The zero-order chi connectivity index (χ0) is 12.0. The number of carbonyl (C=O) groups excluding carboxylic acids is 1. The number of aromatic amines is 1. The first kappa shape index (κ1) is 11.8. The summed E-state index contributed by atoms with van der Waals surface area (Å²) in [5, 5.41) is 5.72. The summed E-state index contributed by atoms with van der Waals surface area (Å²) in [7, 11) is 0. The molecular weight excluding hydrogens is 210 g/mol. The molecule has 84 valence electrons. The molecule has 0 atom stereocenters. The van der Waals surface area contributed by atoms with Crippen LogP contribution in [-0.2, 0) is 0 Å². The Morgan fingerprint density at radius 1 is 1.69 bits per heavy atom. The van der Waals surface area contributed by atoms with Crippen molar-refractivity contribution in [1.29, 1.82) is 0 Å². The molecule has 0 aliphatic rings. The van der Waals surface area contributed by atoms with Crippen LogP contribution in [0.3, 0.4) is 0 Å². The van der Waals surface area contributed by atoms with Gasteiger partial charge in [0.1, 0.15) is 5.56 Å². The summed E-state index contributed by atoms with van der Waals surface area (Å²) in [6.45, 7) is 2.09. The van der Waals surface area contributed by atoms with E-state index in [1.54, 1.807) is 6.92 Å². The molecule has 0 radical (unpaired) electrons. The molecule has 1 amide bonds. The topological polar surface area (TPSA) is 111 Å². The maximum Gasteiger partial charge on any atom is 0.256 e. The Balaban J connectivity index is 2.66. The molecule has 0 aliphatic heterocycles. The number of azide groups is 1. The van der Waals surface area contributed by atoms with E-state index in [2.05, 4.69) is 20.3 Å². The molecule has 0 aromatic carbocycles. The largest absolute Gasteiger partial charge is 0.364 e. The molecule has 0 aliphatic carbocycles. The highest BCUT2D eigenvalue weighted by atomic mass is 16.2. The Morgan fingerprint density at radius 3 is 3.06 bits per heavy atom. The van der Waals surface area contributed by atoms with Gasteiger partial charge in [-0.05, 0) is 12.5 Å². The Labute approximate surface area is 91.1 Å². The summed E-state index contributed by atoms with van der Waals surface area (Å²) >= 11 is 0. The highest BCUT2D eigenvalue weighted by Crippen LogP contribution is 1.91. The Bertz CT molecular complexity index is 487. The standard InChI is InChI=1S/C9H11N5O2/c1-6-4-8(15)7(5-12-6)9(16)11-2-3-13-14-10/h4-5H,2-3H2,1H3,(H,11,16)(H,12,15). The molecule has 7 heteroatoms. The molecule has 16 heavy (non-hydrogen) atoms. The minimum absolute atomic E-state index is 0.0477. The van der Waals surface area contributed by atoms with Gasteiger partial charge in [0.2, 0.25) is 0 Å². The van der Waals surface area contributed by atoms with Crippen molar-refractivity contribution in [3.8, 4) is 0 Å². The van der Waals surface area contributed by atoms with Crippen molar-refractivity contribution in [3.63, 3.8) is 0 Å². The number of H-pyrrole nitrogens is 1. The van der Waals surface area contributed by atoms with Crippen LogP contribution in [0.2, 0.25) is 0 Å². The first-order valence-corrected chi connectivity index (χ1v) is 4.63. The highest BCUT2D eigenvalue weighted by Gasteiger charge is 2.08. The van der Waals surface area contributed by atoms with Gasteiger partial charge >= 0.3 is 0 Å². The monoisotopic (exact) mass is 221 g/mol. The Hall–Kier alpha value is -2.27. The Kier molecular flexibility index (Phi) is 4.11.